The zero-order chi connectivity index (χ0) is 18.7. The van der Waals surface area contributed by atoms with Crippen molar-refractivity contribution in [2.24, 2.45) is 0 Å². The molecule has 6 nitrogen and oxygen atoms in total. The first-order valence-electron chi connectivity index (χ1n) is 7.93. The molecule has 0 aliphatic rings. The number of nitrogens with zero attached hydrogens (tertiary/aromatic N) is 3. The zero-order valence-electron chi connectivity index (χ0n) is 13.9. The van der Waals surface area contributed by atoms with Crippen molar-refractivity contribution in [3.8, 4) is 5.69 Å². The molecule has 0 amide bonds. The maximum atomic E-state index is 12.2. The second-order valence-electron chi connectivity index (χ2n) is 5.74. The smallest absolute Gasteiger partial charge is 0.291 e. The summed E-state index contributed by atoms with van der Waals surface area (Å²) >= 11 is 18.0. The Bertz CT molecular complexity index is 983. The summed E-state index contributed by atoms with van der Waals surface area (Å²) in [4.78, 5) is 12.2. The van der Waals surface area contributed by atoms with E-state index in [1.807, 2.05) is 13.1 Å². The van der Waals surface area contributed by atoms with Gasteiger partial charge >= 0.3 is 0 Å². The molecule has 0 saturated heterocycles. The van der Waals surface area contributed by atoms with Gasteiger partial charge in [0, 0.05) is 12.2 Å². The number of halogens is 3. The zero-order valence-corrected chi connectivity index (χ0v) is 16.2. The summed E-state index contributed by atoms with van der Waals surface area (Å²) in [5.74, 6) is 0. The average molecular weight is 413 g/mol. The monoisotopic (exact) mass is 411 g/mol. The molecule has 0 spiro atoms. The quantitative estimate of drug-likeness (QED) is 0.593. The molecule has 26 heavy (non-hydrogen) atoms. The molecule has 0 atom stereocenters. The van der Waals surface area contributed by atoms with Crippen LogP contribution in [0.15, 0.2) is 35.4 Å². The second kappa shape index (κ2) is 8.12. The van der Waals surface area contributed by atoms with Gasteiger partial charge in [-0.1, -0.05) is 34.8 Å². The van der Waals surface area contributed by atoms with E-state index in [1.165, 1.54) is 11.8 Å². The predicted octanol–water partition coefficient (Wildman–Crippen LogP) is 4.27. The van der Waals surface area contributed by atoms with Crippen LogP contribution in [0.4, 0.5) is 5.69 Å². The van der Waals surface area contributed by atoms with Gasteiger partial charge in [0.2, 0.25) is 0 Å². The molecular formula is C17H16Cl3N5O. The first-order chi connectivity index (χ1) is 12.5. The Morgan fingerprint density at radius 2 is 2.00 bits per heavy atom. The maximum absolute atomic E-state index is 12.2. The fourth-order valence-electron chi connectivity index (χ4n) is 2.51. The summed E-state index contributed by atoms with van der Waals surface area (Å²) in [6, 6.07) is 5.20. The largest absolute Gasteiger partial charge is 0.384 e. The van der Waals surface area contributed by atoms with E-state index in [4.69, 9.17) is 34.8 Å². The van der Waals surface area contributed by atoms with Gasteiger partial charge in [-0.25, -0.2) is 0 Å². The summed E-state index contributed by atoms with van der Waals surface area (Å²) in [6.45, 7) is 2.76. The van der Waals surface area contributed by atoms with Crippen molar-refractivity contribution in [1.29, 1.82) is 0 Å². The first kappa shape index (κ1) is 18.8. The van der Waals surface area contributed by atoms with Crippen LogP contribution in [0.3, 0.4) is 0 Å². The minimum atomic E-state index is -0.494. The second-order valence-corrected chi connectivity index (χ2v) is 6.93. The number of rotatable bonds is 6. The molecule has 0 unspecified atom stereocenters. The molecule has 0 saturated carbocycles. The van der Waals surface area contributed by atoms with Crippen molar-refractivity contribution in [1.82, 2.24) is 20.0 Å². The van der Waals surface area contributed by atoms with E-state index < -0.39 is 5.56 Å². The standard InChI is InChI=1S/C17H16Cl3N5O/c1-10-11(8-22-24-10)3-2-6-21-15-5-4-12(7-13(15)18)25-17(26)16(20)14(19)9-23-25/h4-5,7-9,21H,2-3,6H2,1H3,(H,22,24). The molecule has 0 bridgehead atoms. The Morgan fingerprint density at radius 1 is 1.19 bits per heavy atom. The molecule has 2 heterocycles. The third-order valence-corrected chi connectivity index (χ3v) is 5.01. The maximum Gasteiger partial charge on any atom is 0.291 e. The van der Waals surface area contributed by atoms with Gasteiger partial charge in [0.15, 0.2) is 0 Å². The molecule has 1 aromatic carbocycles. The van der Waals surface area contributed by atoms with E-state index in [0.29, 0.717) is 10.7 Å². The highest BCUT2D eigenvalue weighted by atomic mass is 35.5. The molecule has 0 radical (unpaired) electrons. The summed E-state index contributed by atoms with van der Waals surface area (Å²) in [7, 11) is 0. The van der Waals surface area contributed by atoms with Crippen LogP contribution in [0.2, 0.25) is 15.1 Å². The number of nitrogens with one attached hydrogen (secondary N) is 2. The lowest BCUT2D eigenvalue weighted by Gasteiger charge is -2.11. The van der Waals surface area contributed by atoms with E-state index >= 15 is 0 Å². The fourth-order valence-corrected chi connectivity index (χ4v) is 3.00. The Kier molecular flexibility index (Phi) is 5.86. The topological polar surface area (TPSA) is 75.6 Å². The third kappa shape index (κ3) is 4.03. The first-order valence-corrected chi connectivity index (χ1v) is 9.06. The number of aryl methyl sites for hydroxylation is 2. The number of anilines is 1. The Balaban J connectivity index is 1.67. The highest BCUT2D eigenvalue weighted by molar-refractivity contribution is 6.41. The van der Waals surface area contributed by atoms with Crippen LogP contribution in [0.25, 0.3) is 5.69 Å². The van der Waals surface area contributed by atoms with Crippen LogP contribution in [-0.2, 0) is 6.42 Å². The molecular weight excluding hydrogens is 397 g/mol. The van der Waals surface area contributed by atoms with Crippen LogP contribution >= 0.6 is 34.8 Å². The van der Waals surface area contributed by atoms with Crippen LogP contribution in [0, 0.1) is 6.92 Å². The van der Waals surface area contributed by atoms with Gasteiger partial charge in [-0.3, -0.25) is 9.89 Å². The van der Waals surface area contributed by atoms with E-state index in [-0.39, 0.29) is 10.0 Å². The van der Waals surface area contributed by atoms with Gasteiger partial charge in [-0.15, -0.1) is 0 Å². The Morgan fingerprint density at radius 3 is 2.69 bits per heavy atom. The van der Waals surface area contributed by atoms with Crippen molar-refractivity contribution in [3.63, 3.8) is 0 Å². The number of aromatic amines is 1. The summed E-state index contributed by atoms with van der Waals surface area (Å²) in [6.07, 6.45) is 5.03. The summed E-state index contributed by atoms with van der Waals surface area (Å²) < 4.78 is 1.16. The van der Waals surface area contributed by atoms with Gasteiger partial charge in [0.05, 0.1) is 33.8 Å². The molecule has 3 rings (SSSR count). The normalized spacial score (nSPS) is 10.9. The van der Waals surface area contributed by atoms with E-state index in [0.717, 1.165) is 35.4 Å². The van der Waals surface area contributed by atoms with Gasteiger partial charge in [-0.05, 0) is 43.5 Å². The summed E-state index contributed by atoms with van der Waals surface area (Å²) in [5, 5.41) is 14.8. The minimum absolute atomic E-state index is 0.0745. The number of aromatic nitrogens is 4. The van der Waals surface area contributed by atoms with Gasteiger partial charge < -0.3 is 5.32 Å². The third-order valence-electron chi connectivity index (χ3n) is 3.95. The molecule has 0 fully saturated rings. The minimum Gasteiger partial charge on any atom is -0.384 e. The average Bonchev–Trinajstić information content (AvgIpc) is 3.03. The SMILES string of the molecule is Cc1[nH]ncc1CCCNc1ccc(-n2ncc(Cl)c(Cl)c2=O)cc1Cl. The van der Waals surface area contributed by atoms with Gasteiger partial charge in [0.25, 0.3) is 5.56 Å². The number of benzene rings is 1. The summed E-state index contributed by atoms with van der Waals surface area (Å²) in [5.41, 5.74) is 3.10. The fraction of sp³-hybridized carbons (Fsp3) is 0.235. The van der Waals surface area contributed by atoms with E-state index in [1.54, 1.807) is 18.2 Å². The molecule has 9 heteroatoms. The number of hydrogen-bond donors (Lipinski definition) is 2. The molecule has 2 aromatic heterocycles. The number of hydrogen-bond acceptors (Lipinski definition) is 4. The van der Waals surface area contributed by atoms with Crippen LogP contribution in [0.5, 0.6) is 0 Å². The molecule has 136 valence electrons. The van der Waals surface area contributed by atoms with Crippen molar-refractivity contribution >= 4 is 40.5 Å². The van der Waals surface area contributed by atoms with Gasteiger partial charge in [0.1, 0.15) is 5.02 Å². The highest BCUT2D eigenvalue weighted by Crippen LogP contribution is 2.25. The van der Waals surface area contributed by atoms with E-state index in [9.17, 15) is 4.79 Å². The Labute approximate surface area is 165 Å². The van der Waals surface area contributed by atoms with Crippen LogP contribution in [-0.4, -0.2) is 26.5 Å². The molecule has 3 aromatic rings. The molecule has 2 N–H and O–H groups in total. The van der Waals surface area contributed by atoms with E-state index in [2.05, 4.69) is 20.6 Å². The van der Waals surface area contributed by atoms with Crippen LogP contribution < -0.4 is 10.9 Å². The highest BCUT2D eigenvalue weighted by Gasteiger charge is 2.10. The van der Waals surface area contributed by atoms with Crippen molar-refractivity contribution in [2.45, 2.75) is 19.8 Å². The number of H-pyrrole nitrogens is 1. The Hall–Kier alpha value is -2.02. The van der Waals surface area contributed by atoms with Crippen LogP contribution in [0.1, 0.15) is 17.7 Å². The molecule has 0 aliphatic heterocycles. The lowest BCUT2D eigenvalue weighted by atomic mass is 10.1. The van der Waals surface area contributed by atoms with Crippen molar-refractivity contribution < 1.29 is 0 Å². The van der Waals surface area contributed by atoms with Crippen molar-refractivity contribution in [2.75, 3.05) is 11.9 Å². The lowest BCUT2D eigenvalue weighted by molar-refractivity contribution is 0.807. The molecule has 0 aliphatic carbocycles. The lowest BCUT2D eigenvalue weighted by Crippen LogP contribution is -2.21. The predicted molar refractivity (Wildman–Crippen MR) is 105 cm³/mol. The van der Waals surface area contributed by atoms with Gasteiger partial charge in [-0.2, -0.15) is 14.9 Å². The van der Waals surface area contributed by atoms with Crippen molar-refractivity contribution in [3.05, 3.63) is 67.3 Å².